The Morgan fingerprint density at radius 1 is 1.64 bits per heavy atom. The third-order valence-corrected chi connectivity index (χ3v) is 2.73. The van der Waals surface area contributed by atoms with E-state index in [-0.39, 0.29) is 0 Å². The Morgan fingerprint density at radius 3 is 3.09 bits per heavy atom. The van der Waals surface area contributed by atoms with Crippen molar-refractivity contribution in [3.63, 3.8) is 0 Å². The first-order valence-corrected chi connectivity index (χ1v) is 4.07. The van der Waals surface area contributed by atoms with Gasteiger partial charge in [0.25, 0.3) is 0 Å². The van der Waals surface area contributed by atoms with Crippen molar-refractivity contribution in [2.45, 2.75) is 19.8 Å². The lowest BCUT2D eigenvalue weighted by molar-refractivity contribution is 0.355. The Balaban J connectivity index is 2.16. The first-order valence-electron chi connectivity index (χ1n) is 4.07. The Morgan fingerprint density at radius 2 is 2.45 bits per heavy atom. The molecule has 1 nitrogen and oxygen atoms in total. The molecule has 2 atom stereocenters. The van der Waals surface area contributed by atoms with Crippen LogP contribution >= 0.6 is 0 Å². The molecule has 0 spiro atoms. The van der Waals surface area contributed by atoms with Gasteiger partial charge in [0.05, 0.1) is 6.07 Å². The monoisotopic (exact) mass is 145 g/mol. The number of nitriles is 1. The number of nitrogens with zero attached hydrogens (tertiary/aromatic N) is 1. The maximum atomic E-state index is 8.44. The van der Waals surface area contributed by atoms with E-state index in [9.17, 15) is 0 Å². The van der Waals surface area contributed by atoms with Gasteiger partial charge in [-0.1, -0.05) is 17.2 Å². The molecule has 2 aliphatic rings. The third kappa shape index (κ3) is 0.903. The van der Waals surface area contributed by atoms with Gasteiger partial charge in [-0.25, -0.2) is 0 Å². The highest BCUT2D eigenvalue weighted by molar-refractivity contribution is 5.34. The van der Waals surface area contributed by atoms with E-state index >= 15 is 0 Å². The minimum atomic E-state index is 0.634. The predicted octanol–water partition coefficient (Wildman–Crippen LogP) is 2.42. The van der Waals surface area contributed by atoms with Gasteiger partial charge in [-0.15, -0.1) is 0 Å². The van der Waals surface area contributed by atoms with Crippen molar-refractivity contribution in [3.8, 4) is 6.07 Å². The third-order valence-electron chi connectivity index (χ3n) is 2.73. The van der Waals surface area contributed by atoms with E-state index < -0.39 is 0 Å². The molecule has 0 bridgehead atoms. The average molecular weight is 145 g/mol. The molecule has 1 heteroatoms. The largest absolute Gasteiger partial charge is 0.193 e. The molecular weight excluding hydrogens is 134 g/mol. The van der Waals surface area contributed by atoms with Crippen molar-refractivity contribution in [3.05, 3.63) is 23.3 Å². The minimum Gasteiger partial charge on any atom is -0.193 e. The van der Waals surface area contributed by atoms with Crippen LogP contribution < -0.4 is 0 Å². The smallest absolute Gasteiger partial charge is 0.0911 e. The highest BCUT2D eigenvalue weighted by atomic mass is 14.4. The van der Waals surface area contributed by atoms with Crippen LogP contribution in [0, 0.1) is 23.2 Å². The predicted molar refractivity (Wildman–Crippen MR) is 43.7 cm³/mol. The highest BCUT2D eigenvalue weighted by Crippen LogP contribution is 2.49. The van der Waals surface area contributed by atoms with E-state index in [0.29, 0.717) is 5.92 Å². The van der Waals surface area contributed by atoms with Crippen LogP contribution in [-0.2, 0) is 0 Å². The van der Waals surface area contributed by atoms with E-state index in [2.05, 4.69) is 19.1 Å². The topological polar surface area (TPSA) is 23.8 Å². The molecule has 0 aromatic heterocycles. The lowest BCUT2D eigenvalue weighted by Gasteiger charge is -2.33. The van der Waals surface area contributed by atoms with Crippen molar-refractivity contribution in [1.29, 1.82) is 5.26 Å². The summed E-state index contributed by atoms with van der Waals surface area (Å²) in [6.45, 7) is 2.18. The fraction of sp³-hybridized carbons (Fsp3) is 0.500. The molecule has 2 aliphatic carbocycles. The number of hydrogen-bond donors (Lipinski definition) is 0. The maximum Gasteiger partial charge on any atom is 0.0911 e. The van der Waals surface area contributed by atoms with Gasteiger partial charge in [-0.2, -0.15) is 5.26 Å². The molecule has 2 rings (SSSR count). The summed E-state index contributed by atoms with van der Waals surface area (Å²) in [6, 6.07) is 2.11. The van der Waals surface area contributed by atoms with Crippen LogP contribution in [0.3, 0.4) is 0 Å². The van der Waals surface area contributed by atoms with E-state index in [0.717, 1.165) is 12.3 Å². The summed E-state index contributed by atoms with van der Waals surface area (Å²) < 4.78 is 0. The Bertz CT molecular complexity index is 278. The van der Waals surface area contributed by atoms with Gasteiger partial charge < -0.3 is 0 Å². The van der Waals surface area contributed by atoms with Crippen molar-refractivity contribution in [2.24, 2.45) is 11.8 Å². The summed E-state index contributed by atoms with van der Waals surface area (Å²) in [4.78, 5) is 0. The molecule has 0 saturated heterocycles. The second-order valence-electron chi connectivity index (χ2n) is 3.56. The van der Waals surface area contributed by atoms with Crippen LogP contribution in [0.2, 0.25) is 0 Å². The van der Waals surface area contributed by atoms with Crippen molar-refractivity contribution >= 4 is 0 Å². The normalized spacial score (nSPS) is 37.5. The molecule has 11 heavy (non-hydrogen) atoms. The number of hydrogen-bond acceptors (Lipinski definition) is 1. The quantitative estimate of drug-likeness (QED) is 0.379. The fourth-order valence-corrected chi connectivity index (χ4v) is 2.18. The molecule has 0 aliphatic heterocycles. The Kier molecular flexibility index (Phi) is 1.35. The summed E-state index contributed by atoms with van der Waals surface area (Å²) >= 11 is 0. The molecule has 0 aromatic rings. The summed E-state index contributed by atoms with van der Waals surface area (Å²) in [7, 11) is 0. The van der Waals surface area contributed by atoms with Gasteiger partial charge in [0.2, 0.25) is 0 Å². The first kappa shape index (κ1) is 6.67. The van der Waals surface area contributed by atoms with Gasteiger partial charge in [0, 0.05) is 12.0 Å². The molecule has 2 unspecified atom stereocenters. The van der Waals surface area contributed by atoms with Crippen molar-refractivity contribution in [1.82, 2.24) is 0 Å². The summed E-state index contributed by atoms with van der Waals surface area (Å²) in [6.07, 6.45) is 6.45. The molecule has 56 valence electrons. The van der Waals surface area contributed by atoms with Crippen LogP contribution in [0.25, 0.3) is 0 Å². The molecule has 0 radical (unpaired) electrons. The zero-order valence-electron chi connectivity index (χ0n) is 6.67. The van der Waals surface area contributed by atoms with Crippen LogP contribution in [0.1, 0.15) is 19.8 Å². The standard InChI is InChI=1S/C10H11N/c1-7-4-9-6-8(2-3-11)10(9)5-7/h2,5,9-10H,4,6H2,1H3. The van der Waals surface area contributed by atoms with Gasteiger partial charge >= 0.3 is 0 Å². The Hall–Kier alpha value is -1.03. The second kappa shape index (κ2) is 2.23. The van der Waals surface area contributed by atoms with Crippen molar-refractivity contribution in [2.75, 3.05) is 0 Å². The molecule has 0 amide bonds. The Labute approximate surface area is 67.0 Å². The average Bonchev–Trinajstić information content (AvgIpc) is 2.24. The van der Waals surface area contributed by atoms with E-state index in [1.54, 1.807) is 6.08 Å². The van der Waals surface area contributed by atoms with Crippen LogP contribution in [0.5, 0.6) is 0 Å². The van der Waals surface area contributed by atoms with Gasteiger partial charge in [0.1, 0.15) is 0 Å². The van der Waals surface area contributed by atoms with Crippen LogP contribution in [-0.4, -0.2) is 0 Å². The lowest BCUT2D eigenvalue weighted by Crippen LogP contribution is -2.23. The summed E-state index contributed by atoms with van der Waals surface area (Å²) in [5, 5.41) is 8.44. The number of fused-ring (bicyclic) bond motifs is 1. The van der Waals surface area contributed by atoms with Gasteiger partial charge in [-0.05, 0) is 25.7 Å². The van der Waals surface area contributed by atoms with E-state index in [1.165, 1.54) is 17.6 Å². The van der Waals surface area contributed by atoms with Gasteiger partial charge in [0.15, 0.2) is 0 Å². The first-order chi connectivity index (χ1) is 5.31. The number of rotatable bonds is 0. The fourth-order valence-electron chi connectivity index (χ4n) is 2.18. The van der Waals surface area contributed by atoms with Gasteiger partial charge in [-0.3, -0.25) is 0 Å². The molecule has 1 saturated carbocycles. The molecule has 0 aromatic carbocycles. The minimum absolute atomic E-state index is 0.634. The molecule has 0 N–H and O–H groups in total. The van der Waals surface area contributed by atoms with E-state index in [1.807, 2.05) is 0 Å². The maximum absolute atomic E-state index is 8.44. The summed E-state index contributed by atoms with van der Waals surface area (Å²) in [5.74, 6) is 1.48. The zero-order chi connectivity index (χ0) is 7.84. The summed E-state index contributed by atoms with van der Waals surface area (Å²) in [5.41, 5.74) is 2.84. The second-order valence-corrected chi connectivity index (χ2v) is 3.56. The molecule has 1 fully saturated rings. The molecular formula is C10H11N. The SMILES string of the molecule is CC1=CC2C(=CC#N)CC2C1. The highest BCUT2D eigenvalue weighted by Gasteiger charge is 2.37. The van der Waals surface area contributed by atoms with E-state index in [4.69, 9.17) is 5.26 Å². The van der Waals surface area contributed by atoms with Crippen molar-refractivity contribution < 1.29 is 0 Å². The van der Waals surface area contributed by atoms with Crippen LogP contribution in [0.15, 0.2) is 23.3 Å². The number of allylic oxidation sites excluding steroid dienone is 4. The zero-order valence-corrected chi connectivity index (χ0v) is 6.67. The molecule has 0 heterocycles. The van der Waals surface area contributed by atoms with Crippen LogP contribution in [0.4, 0.5) is 0 Å². The lowest BCUT2D eigenvalue weighted by atomic mass is 9.71.